The van der Waals surface area contributed by atoms with E-state index in [1.807, 2.05) is 6.07 Å². The molecule has 0 saturated carbocycles. The highest BCUT2D eigenvalue weighted by atomic mass is 32.1. The average molecular weight is 399 g/mol. The number of aromatic nitrogens is 2. The van der Waals surface area contributed by atoms with E-state index in [0.717, 1.165) is 43.3 Å². The monoisotopic (exact) mass is 399 g/mol. The number of ether oxygens (including phenoxy) is 1. The number of primary amides is 1. The zero-order chi connectivity index (χ0) is 19.5. The predicted octanol–water partition coefficient (Wildman–Crippen LogP) is 3.10. The first-order chi connectivity index (χ1) is 13.6. The molecule has 2 amide bonds. The maximum absolute atomic E-state index is 11.4. The average Bonchev–Trinajstić information content (AvgIpc) is 3.29. The van der Waals surface area contributed by atoms with Crippen molar-refractivity contribution in [2.45, 2.75) is 13.5 Å². The molecule has 4 rings (SSSR count). The Morgan fingerprint density at radius 3 is 2.64 bits per heavy atom. The number of nitrogens with one attached hydrogen (secondary N) is 1. The van der Waals surface area contributed by atoms with Crippen molar-refractivity contribution < 1.29 is 13.9 Å². The lowest BCUT2D eigenvalue weighted by Gasteiger charge is -2.26. The number of nitrogens with two attached hydrogens (primary N) is 1. The van der Waals surface area contributed by atoms with Crippen LogP contribution in [-0.2, 0) is 11.3 Å². The molecule has 28 heavy (non-hydrogen) atoms. The van der Waals surface area contributed by atoms with Gasteiger partial charge in [-0.3, -0.25) is 4.90 Å². The Morgan fingerprint density at radius 2 is 2.00 bits per heavy atom. The number of urea groups is 1. The molecule has 9 heteroatoms. The molecular formula is C19H21N5O3S. The molecule has 1 aliphatic rings. The molecule has 0 spiro atoms. The first kappa shape index (κ1) is 18.6. The van der Waals surface area contributed by atoms with E-state index in [2.05, 4.69) is 44.7 Å². The normalized spacial score (nSPS) is 14.9. The summed E-state index contributed by atoms with van der Waals surface area (Å²) < 4.78 is 10.9. The van der Waals surface area contributed by atoms with Crippen LogP contribution in [0.25, 0.3) is 21.2 Å². The molecule has 3 heterocycles. The summed E-state index contributed by atoms with van der Waals surface area (Å²) in [6.07, 6.45) is 0. The second-order valence-electron chi connectivity index (χ2n) is 6.55. The minimum Gasteiger partial charge on any atom is -0.420 e. The third-order valence-electron chi connectivity index (χ3n) is 4.46. The fourth-order valence-corrected chi connectivity index (χ4v) is 4.14. The highest BCUT2D eigenvalue weighted by molar-refractivity contribution is 7.19. The predicted molar refractivity (Wildman–Crippen MR) is 107 cm³/mol. The Hall–Kier alpha value is -2.75. The smallest absolute Gasteiger partial charge is 0.316 e. The summed E-state index contributed by atoms with van der Waals surface area (Å²) in [7, 11) is 0. The van der Waals surface area contributed by atoms with Crippen LogP contribution in [0.3, 0.4) is 0 Å². The number of hydrogen-bond donors (Lipinski definition) is 2. The van der Waals surface area contributed by atoms with Crippen LogP contribution in [0.5, 0.6) is 0 Å². The molecule has 0 aliphatic carbocycles. The number of amides is 2. The van der Waals surface area contributed by atoms with E-state index in [0.29, 0.717) is 22.3 Å². The maximum Gasteiger partial charge on any atom is 0.316 e. The summed E-state index contributed by atoms with van der Waals surface area (Å²) in [4.78, 5) is 15.4. The van der Waals surface area contributed by atoms with Gasteiger partial charge in [-0.15, -0.1) is 21.5 Å². The van der Waals surface area contributed by atoms with Gasteiger partial charge < -0.3 is 20.2 Å². The van der Waals surface area contributed by atoms with Crippen molar-refractivity contribution in [2.24, 2.45) is 5.73 Å². The highest BCUT2D eigenvalue weighted by Gasteiger charge is 2.18. The van der Waals surface area contributed by atoms with E-state index in [1.54, 1.807) is 6.92 Å². The lowest BCUT2D eigenvalue weighted by molar-refractivity contribution is 0.0342. The van der Waals surface area contributed by atoms with Crippen molar-refractivity contribution in [3.8, 4) is 21.2 Å². The van der Waals surface area contributed by atoms with E-state index in [-0.39, 0.29) is 0 Å². The van der Waals surface area contributed by atoms with Gasteiger partial charge in [0.25, 0.3) is 5.89 Å². The van der Waals surface area contributed by atoms with Crippen LogP contribution in [0.4, 0.5) is 10.5 Å². The van der Waals surface area contributed by atoms with Crippen LogP contribution in [0.15, 0.2) is 34.7 Å². The fourth-order valence-electron chi connectivity index (χ4n) is 3.10. The molecule has 0 radical (unpaired) electrons. The molecule has 146 valence electrons. The molecule has 0 unspecified atom stereocenters. The van der Waals surface area contributed by atoms with Gasteiger partial charge in [0.2, 0.25) is 5.89 Å². The van der Waals surface area contributed by atoms with Crippen LogP contribution in [0.2, 0.25) is 0 Å². The molecule has 3 N–H and O–H groups in total. The minimum absolute atomic E-state index is 0.362. The van der Waals surface area contributed by atoms with Crippen molar-refractivity contribution in [1.82, 2.24) is 15.1 Å². The lowest BCUT2D eigenvalue weighted by Crippen LogP contribution is -2.35. The van der Waals surface area contributed by atoms with Gasteiger partial charge in [-0.1, -0.05) is 24.3 Å². The standard InChI is InChI=1S/C19H21N5O3S/c1-12-22-23-18(27-12)17-15(21-19(20)25)10-16(28-17)14-4-2-13(3-5-14)11-24-6-8-26-9-7-24/h2-5,10H,6-9,11H2,1H3,(H3,20,21,25). The number of hydrogen-bond acceptors (Lipinski definition) is 7. The van der Waals surface area contributed by atoms with Gasteiger partial charge in [-0.25, -0.2) is 4.79 Å². The van der Waals surface area contributed by atoms with E-state index in [1.165, 1.54) is 16.9 Å². The third kappa shape index (κ3) is 4.22. The van der Waals surface area contributed by atoms with Gasteiger partial charge in [-0.2, -0.15) is 0 Å². The summed E-state index contributed by atoms with van der Waals surface area (Å²) in [5.74, 6) is 0.823. The van der Waals surface area contributed by atoms with Crippen molar-refractivity contribution >= 4 is 23.1 Å². The molecule has 1 saturated heterocycles. The third-order valence-corrected chi connectivity index (χ3v) is 5.63. The molecule has 0 atom stereocenters. The first-order valence-corrected chi connectivity index (χ1v) is 9.80. The van der Waals surface area contributed by atoms with Crippen molar-refractivity contribution in [1.29, 1.82) is 0 Å². The number of anilines is 1. The second-order valence-corrected chi connectivity index (χ2v) is 7.61. The topological polar surface area (TPSA) is 107 Å². The van der Waals surface area contributed by atoms with Crippen LogP contribution in [0.1, 0.15) is 11.5 Å². The van der Waals surface area contributed by atoms with Crippen molar-refractivity contribution in [2.75, 3.05) is 31.6 Å². The molecule has 1 fully saturated rings. The van der Waals surface area contributed by atoms with Crippen molar-refractivity contribution in [3.05, 3.63) is 41.8 Å². The molecule has 1 aromatic carbocycles. The quantitative estimate of drug-likeness (QED) is 0.683. The summed E-state index contributed by atoms with van der Waals surface area (Å²) in [5, 5.41) is 10.6. The van der Waals surface area contributed by atoms with Gasteiger partial charge in [0.05, 0.1) is 18.9 Å². The summed E-state index contributed by atoms with van der Waals surface area (Å²) >= 11 is 1.47. The van der Waals surface area contributed by atoms with Crippen LogP contribution >= 0.6 is 11.3 Å². The van der Waals surface area contributed by atoms with Crippen molar-refractivity contribution in [3.63, 3.8) is 0 Å². The first-order valence-electron chi connectivity index (χ1n) is 8.98. The number of morpholine rings is 1. The van der Waals surface area contributed by atoms with Gasteiger partial charge in [0.1, 0.15) is 4.88 Å². The molecule has 0 bridgehead atoms. The van der Waals surface area contributed by atoms with Gasteiger partial charge >= 0.3 is 6.03 Å². The van der Waals surface area contributed by atoms with E-state index in [9.17, 15) is 4.79 Å². The summed E-state index contributed by atoms with van der Waals surface area (Å²) in [6, 6.07) is 9.66. The molecule has 3 aromatic rings. The SMILES string of the molecule is Cc1nnc(-c2sc(-c3ccc(CN4CCOCC4)cc3)cc2NC(N)=O)o1. The number of aryl methyl sites for hydroxylation is 1. The van der Waals surface area contributed by atoms with Gasteiger partial charge in [0.15, 0.2) is 0 Å². The lowest BCUT2D eigenvalue weighted by atomic mass is 10.1. The Bertz CT molecular complexity index is 960. The Labute approximate surface area is 166 Å². The van der Waals surface area contributed by atoms with Gasteiger partial charge in [-0.05, 0) is 17.2 Å². The Balaban J connectivity index is 1.57. The van der Waals surface area contributed by atoms with Gasteiger partial charge in [0, 0.05) is 31.4 Å². The minimum atomic E-state index is -0.636. The number of benzene rings is 1. The zero-order valence-corrected chi connectivity index (χ0v) is 16.3. The largest absolute Gasteiger partial charge is 0.420 e. The number of carbonyl (C=O) groups excluding carboxylic acids is 1. The zero-order valence-electron chi connectivity index (χ0n) is 15.5. The maximum atomic E-state index is 11.4. The second kappa shape index (κ2) is 8.09. The van der Waals surface area contributed by atoms with Crippen LogP contribution < -0.4 is 11.1 Å². The molecule has 8 nitrogen and oxygen atoms in total. The molecule has 2 aromatic heterocycles. The number of thiophene rings is 1. The molecular weight excluding hydrogens is 378 g/mol. The fraction of sp³-hybridized carbons (Fsp3) is 0.316. The number of rotatable bonds is 5. The Kier molecular flexibility index (Phi) is 5.38. The Morgan fingerprint density at radius 1 is 1.25 bits per heavy atom. The summed E-state index contributed by atoms with van der Waals surface area (Å²) in [5.41, 5.74) is 8.17. The van der Waals surface area contributed by atoms with Crippen LogP contribution in [0, 0.1) is 6.92 Å². The van der Waals surface area contributed by atoms with E-state index < -0.39 is 6.03 Å². The summed E-state index contributed by atoms with van der Waals surface area (Å²) in [6.45, 7) is 6.14. The highest BCUT2D eigenvalue weighted by Crippen LogP contribution is 2.41. The van der Waals surface area contributed by atoms with E-state index >= 15 is 0 Å². The number of nitrogens with zero attached hydrogens (tertiary/aromatic N) is 3. The van der Waals surface area contributed by atoms with Crippen LogP contribution in [-0.4, -0.2) is 47.4 Å². The number of carbonyl (C=O) groups is 1. The molecule has 1 aliphatic heterocycles. The van der Waals surface area contributed by atoms with E-state index in [4.69, 9.17) is 14.9 Å².